The summed E-state index contributed by atoms with van der Waals surface area (Å²) >= 11 is 0. The van der Waals surface area contributed by atoms with Crippen LogP contribution in [0, 0.1) is 0 Å². The number of nitrogens with one attached hydrogen (secondary N) is 1. The highest BCUT2D eigenvalue weighted by atomic mass is 16.4. The molecule has 60 valence electrons. The molecule has 0 bridgehead atoms. The highest BCUT2D eigenvalue weighted by Crippen LogP contribution is 1.98. The lowest BCUT2D eigenvalue weighted by Gasteiger charge is -2.07. The minimum atomic E-state index is -0.705. The average Bonchev–Trinajstić information content (AvgIpc) is 1.87. The molecular formula is C7H15NO2. The molecule has 2 N–H and O–H groups in total. The van der Waals surface area contributed by atoms with E-state index in [2.05, 4.69) is 5.32 Å². The van der Waals surface area contributed by atoms with Gasteiger partial charge in [0.15, 0.2) is 0 Å². The molecular weight excluding hydrogens is 130 g/mol. The molecule has 0 saturated heterocycles. The summed E-state index contributed by atoms with van der Waals surface area (Å²) in [7, 11) is 1.88. The molecule has 1 unspecified atom stereocenters. The van der Waals surface area contributed by atoms with Gasteiger partial charge in [0, 0.05) is 12.5 Å². The Kier molecular flexibility index (Phi) is 4.94. The quantitative estimate of drug-likeness (QED) is 0.603. The lowest BCUT2D eigenvalue weighted by molar-refractivity contribution is -0.137. The first-order valence-electron chi connectivity index (χ1n) is 3.56. The summed E-state index contributed by atoms with van der Waals surface area (Å²) in [6, 6.07) is 0.430. The monoisotopic (exact) mass is 145 g/mol. The Bertz CT molecular complexity index is 104. The topological polar surface area (TPSA) is 49.3 Å². The minimum absolute atomic E-state index is 0.284. The number of hydrogen-bond donors (Lipinski definition) is 2. The summed E-state index contributed by atoms with van der Waals surface area (Å²) < 4.78 is 0. The van der Waals surface area contributed by atoms with Crippen LogP contribution in [0.25, 0.3) is 0 Å². The summed E-state index contributed by atoms with van der Waals surface area (Å²) in [5, 5.41) is 11.3. The first-order chi connectivity index (χ1) is 4.66. The molecule has 0 aliphatic rings. The van der Waals surface area contributed by atoms with Gasteiger partial charge in [0.2, 0.25) is 0 Å². The Balaban J connectivity index is 3.11. The van der Waals surface area contributed by atoms with Gasteiger partial charge in [-0.1, -0.05) is 0 Å². The van der Waals surface area contributed by atoms with Gasteiger partial charge >= 0.3 is 5.97 Å². The number of carboxylic acids is 1. The number of hydrogen-bond acceptors (Lipinski definition) is 2. The molecule has 0 heterocycles. The number of carboxylic acid groups (broad SMARTS) is 1. The molecule has 0 aliphatic carbocycles. The van der Waals surface area contributed by atoms with E-state index in [-0.39, 0.29) is 6.42 Å². The molecule has 0 aliphatic heterocycles. The van der Waals surface area contributed by atoms with Crippen molar-refractivity contribution in [3.8, 4) is 0 Å². The second kappa shape index (κ2) is 5.23. The zero-order valence-corrected chi connectivity index (χ0v) is 6.55. The van der Waals surface area contributed by atoms with Crippen molar-refractivity contribution < 1.29 is 9.90 Å². The van der Waals surface area contributed by atoms with Crippen LogP contribution < -0.4 is 5.32 Å². The van der Waals surface area contributed by atoms with Crippen LogP contribution in [-0.2, 0) is 4.79 Å². The van der Waals surface area contributed by atoms with Crippen LogP contribution in [0.15, 0.2) is 0 Å². The normalized spacial score (nSPS) is 13.0. The van der Waals surface area contributed by atoms with E-state index in [9.17, 15) is 4.79 Å². The van der Waals surface area contributed by atoms with E-state index in [1.807, 2.05) is 14.0 Å². The van der Waals surface area contributed by atoms with Gasteiger partial charge in [-0.05, 0) is 26.8 Å². The maximum absolute atomic E-state index is 10.0. The lowest BCUT2D eigenvalue weighted by atomic mass is 10.1. The highest BCUT2D eigenvalue weighted by Gasteiger charge is 2.00. The molecule has 3 heteroatoms. The van der Waals surface area contributed by atoms with Gasteiger partial charge in [0.25, 0.3) is 0 Å². The Morgan fingerprint density at radius 1 is 1.70 bits per heavy atom. The van der Waals surface area contributed by atoms with Gasteiger partial charge in [0.1, 0.15) is 0 Å². The number of carbonyl (C=O) groups is 1. The third kappa shape index (κ3) is 5.56. The Morgan fingerprint density at radius 2 is 2.30 bits per heavy atom. The Morgan fingerprint density at radius 3 is 2.70 bits per heavy atom. The molecule has 0 amide bonds. The average molecular weight is 145 g/mol. The highest BCUT2D eigenvalue weighted by molar-refractivity contribution is 5.66. The second-order valence-corrected chi connectivity index (χ2v) is 2.48. The van der Waals surface area contributed by atoms with E-state index >= 15 is 0 Å². The van der Waals surface area contributed by atoms with Crippen LogP contribution in [0.4, 0.5) is 0 Å². The van der Waals surface area contributed by atoms with Gasteiger partial charge in [-0.15, -0.1) is 0 Å². The van der Waals surface area contributed by atoms with Crippen molar-refractivity contribution in [2.75, 3.05) is 7.05 Å². The summed E-state index contributed by atoms with van der Waals surface area (Å²) in [6.07, 6.45) is 1.98. The van der Waals surface area contributed by atoms with Crippen molar-refractivity contribution in [1.82, 2.24) is 5.32 Å². The molecule has 0 aromatic carbocycles. The SMILES string of the molecule is CNC(C)CCCC(=O)O. The summed E-state index contributed by atoms with van der Waals surface area (Å²) in [6.45, 7) is 2.04. The summed E-state index contributed by atoms with van der Waals surface area (Å²) in [5.74, 6) is -0.705. The van der Waals surface area contributed by atoms with Crippen LogP contribution in [0.5, 0.6) is 0 Å². The molecule has 0 spiro atoms. The Hall–Kier alpha value is -0.570. The van der Waals surface area contributed by atoms with Crippen molar-refractivity contribution in [2.24, 2.45) is 0 Å². The molecule has 3 nitrogen and oxygen atoms in total. The van der Waals surface area contributed by atoms with Crippen molar-refractivity contribution in [3.63, 3.8) is 0 Å². The fourth-order valence-corrected chi connectivity index (χ4v) is 0.704. The molecule has 0 saturated carbocycles. The van der Waals surface area contributed by atoms with Crippen LogP contribution in [0.3, 0.4) is 0 Å². The predicted octanol–water partition coefficient (Wildman–Crippen LogP) is 0.849. The summed E-state index contributed by atoms with van der Waals surface area (Å²) in [4.78, 5) is 10.0. The Labute approximate surface area is 61.4 Å². The second-order valence-electron chi connectivity index (χ2n) is 2.48. The van der Waals surface area contributed by atoms with E-state index < -0.39 is 5.97 Å². The molecule has 0 rings (SSSR count). The third-order valence-corrected chi connectivity index (χ3v) is 1.52. The first-order valence-corrected chi connectivity index (χ1v) is 3.56. The fourth-order valence-electron chi connectivity index (χ4n) is 0.704. The standard InChI is InChI=1S/C7H15NO2/c1-6(8-2)4-3-5-7(9)10/h6,8H,3-5H2,1-2H3,(H,9,10). The predicted molar refractivity (Wildman–Crippen MR) is 40.0 cm³/mol. The molecule has 0 aromatic heterocycles. The van der Waals surface area contributed by atoms with E-state index in [1.165, 1.54) is 0 Å². The third-order valence-electron chi connectivity index (χ3n) is 1.52. The van der Waals surface area contributed by atoms with E-state index in [4.69, 9.17) is 5.11 Å². The smallest absolute Gasteiger partial charge is 0.303 e. The fraction of sp³-hybridized carbons (Fsp3) is 0.857. The van der Waals surface area contributed by atoms with E-state index in [1.54, 1.807) is 0 Å². The minimum Gasteiger partial charge on any atom is -0.481 e. The first kappa shape index (κ1) is 9.43. The van der Waals surface area contributed by atoms with Crippen LogP contribution >= 0.6 is 0 Å². The van der Waals surface area contributed by atoms with E-state index in [0.717, 1.165) is 12.8 Å². The van der Waals surface area contributed by atoms with Crippen molar-refractivity contribution >= 4 is 5.97 Å². The van der Waals surface area contributed by atoms with Crippen LogP contribution in [0.2, 0.25) is 0 Å². The van der Waals surface area contributed by atoms with Crippen molar-refractivity contribution in [3.05, 3.63) is 0 Å². The maximum Gasteiger partial charge on any atom is 0.303 e. The van der Waals surface area contributed by atoms with Gasteiger partial charge in [-0.2, -0.15) is 0 Å². The van der Waals surface area contributed by atoms with Crippen LogP contribution in [0.1, 0.15) is 26.2 Å². The maximum atomic E-state index is 10.0. The van der Waals surface area contributed by atoms with Crippen LogP contribution in [-0.4, -0.2) is 24.2 Å². The number of aliphatic carboxylic acids is 1. The number of rotatable bonds is 5. The molecule has 1 atom stereocenters. The van der Waals surface area contributed by atoms with Gasteiger partial charge in [-0.3, -0.25) is 4.79 Å². The largest absolute Gasteiger partial charge is 0.481 e. The van der Waals surface area contributed by atoms with Gasteiger partial charge < -0.3 is 10.4 Å². The van der Waals surface area contributed by atoms with Crippen molar-refractivity contribution in [2.45, 2.75) is 32.2 Å². The van der Waals surface area contributed by atoms with Gasteiger partial charge in [0.05, 0.1) is 0 Å². The lowest BCUT2D eigenvalue weighted by Crippen LogP contribution is -2.20. The molecule has 0 radical (unpaired) electrons. The van der Waals surface area contributed by atoms with Gasteiger partial charge in [-0.25, -0.2) is 0 Å². The van der Waals surface area contributed by atoms with E-state index in [0.29, 0.717) is 6.04 Å². The van der Waals surface area contributed by atoms with Crippen molar-refractivity contribution in [1.29, 1.82) is 0 Å². The molecule has 0 fully saturated rings. The molecule has 0 aromatic rings. The molecule has 10 heavy (non-hydrogen) atoms. The summed E-state index contributed by atoms with van der Waals surface area (Å²) in [5.41, 5.74) is 0. The zero-order valence-electron chi connectivity index (χ0n) is 6.55. The zero-order chi connectivity index (χ0) is 7.98.